The quantitative estimate of drug-likeness (QED) is 0.625. The van der Waals surface area contributed by atoms with Crippen LogP contribution in [0, 0.1) is 5.92 Å². The van der Waals surface area contributed by atoms with Crippen molar-refractivity contribution in [1.82, 2.24) is 4.90 Å². The predicted molar refractivity (Wildman–Crippen MR) is 50.0 cm³/mol. The van der Waals surface area contributed by atoms with Crippen LogP contribution < -0.4 is 5.73 Å². The smallest absolute Gasteiger partial charge is 0.221 e. The molecule has 2 unspecified atom stereocenters. The monoisotopic (exact) mass is 186 g/mol. The maximum absolute atomic E-state index is 10.8. The van der Waals surface area contributed by atoms with Crippen molar-refractivity contribution < 1.29 is 9.90 Å². The predicted octanol–water partition coefficient (Wildman–Crippen LogP) is -0.435. The van der Waals surface area contributed by atoms with Gasteiger partial charge in [0.25, 0.3) is 0 Å². The molecular weight excluding hydrogens is 168 g/mol. The Hall–Kier alpha value is -0.610. The van der Waals surface area contributed by atoms with Crippen LogP contribution in [0.2, 0.25) is 0 Å². The van der Waals surface area contributed by atoms with E-state index in [0.717, 1.165) is 19.4 Å². The van der Waals surface area contributed by atoms with Gasteiger partial charge in [0.05, 0.1) is 6.61 Å². The number of hydrogen-bond acceptors (Lipinski definition) is 3. The number of carbonyl (C=O) groups excluding carboxylic acids is 1. The molecule has 0 radical (unpaired) electrons. The van der Waals surface area contributed by atoms with E-state index in [4.69, 9.17) is 10.8 Å². The third kappa shape index (κ3) is 2.67. The lowest BCUT2D eigenvalue weighted by Crippen LogP contribution is -2.39. The maximum Gasteiger partial charge on any atom is 0.221 e. The van der Waals surface area contributed by atoms with Crippen molar-refractivity contribution in [3.05, 3.63) is 0 Å². The Balaban J connectivity index is 2.39. The number of rotatable bonds is 4. The minimum Gasteiger partial charge on any atom is -0.395 e. The Morgan fingerprint density at radius 1 is 1.77 bits per heavy atom. The molecule has 13 heavy (non-hydrogen) atoms. The van der Waals surface area contributed by atoms with Gasteiger partial charge < -0.3 is 10.8 Å². The third-order valence-electron chi connectivity index (χ3n) is 2.70. The highest BCUT2D eigenvalue weighted by molar-refractivity contribution is 5.76. The number of hydrogen-bond donors (Lipinski definition) is 2. The van der Waals surface area contributed by atoms with Crippen LogP contribution in [0.5, 0.6) is 0 Å². The fraction of sp³-hybridized carbons (Fsp3) is 0.889. The molecule has 4 nitrogen and oxygen atoms in total. The molecule has 76 valence electrons. The van der Waals surface area contributed by atoms with E-state index in [2.05, 4.69) is 4.90 Å². The van der Waals surface area contributed by atoms with E-state index in [0.29, 0.717) is 6.54 Å². The Morgan fingerprint density at radius 2 is 2.46 bits per heavy atom. The first kappa shape index (κ1) is 10.5. The summed E-state index contributed by atoms with van der Waals surface area (Å²) in [5.41, 5.74) is 5.17. The summed E-state index contributed by atoms with van der Waals surface area (Å²) in [5, 5.41) is 9.03. The Morgan fingerprint density at radius 3 is 3.00 bits per heavy atom. The van der Waals surface area contributed by atoms with Crippen LogP contribution in [0.15, 0.2) is 0 Å². The van der Waals surface area contributed by atoms with Gasteiger partial charge in [-0.1, -0.05) is 6.92 Å². The van der Waals surface area contributed by atoms with Crippen LogP contribution in [0.25, 0.3) is 0 Å². The van der Waals surface area contributed by atoms with Gasteiger partial charge in [-0.3, -0.25) is 9.69 Å². The largest absolute Gasteiger partial charge is 0.395 e. The van der Waals surface area contributed by atoms with Gasteiger partial charge in [-0.05, 0) is 19.4 Å². The molecule has 1 aliphatic rings. The summed E-state index contributed by atoms with van der Waals surface area (Å²) in [6.45, 7) is 3.67. The Bertz CT molecular complexity index is 184. The lowest BCUT2D eigenvalue weighted by Gasteiger charge is -2.24. The van der Waals surface area contributed by atoms with Crippen molar-refractivity contribution in [2.75, 3.05) is 19.7 Å². The highest BCUT2D eigenvalue weighted by Gasteiger charge is 2.25. The third-order valence-corrected chi connectivity index (χ3v) is 2.70. The zero-order valence-corrected chi connectivity index (χ0v) is 8.07. The molecule has 1 saturated heterocycles. The Labute approximate surface area is 78.7 Å². The number of amides is 1. The van der Waals surface area contributed by atoms with Crippen LogP contribution in [0.1, 0.15) is 19.8 Å². The molecular formula is C9H18N2O2. The molecule has 0 spiro atoms. The van der Waals surface area contributed by atoms with Gasteiger partial charge in [0.15, 0.2) is 0 Å². The molecule has 3 N–H and O–H groups in total. The minimum atomic E-state index is -0.261. The van der Waals surface area contributed by atoms with Gasteiger partial charge >= 0.3 is 0 Å². The average Bonchev–Trinajstić information content (AvgIpc) is 2.51. The molecule has 0 aromatic rings. The SMILES string of the molecule is CC(CN1CCCC1CO)C(N)=O. The molecule has 1 amide bonds. The summed E-state index contributed by atoms with van der Waals surface area (Å²) in [7, 11) is 0. The summed E-state index contributed by atoms with van der Waals surface area (Å²) < 4.78 is 0. The number of aliphatic hydroxyl groups excluding tert-OH is 1. The van der Waals surface area contributed by atoms with E-state index in [1.807, 2.05) is 6.92 Å². The second-order valence-corrected chi connectivity index (χ2v) is 3.78. The van der Waals surface area contributed by atoms with Crippen LogP contribution in [-0.4, -0.2) is 41.7 Å². The molecule has 0 aromatic carbocycles. The maximum atomic E-state index is 10.8. The highest BCUT2D eigenvalue weighted by atomic mass is 16.3. The number of nitrogens with zero attached hydrogens (tertiary/aromatic N) is 1. The topological polar surface area (TPSA) is 66.6 Å². The van der Waals surface area contributed by atoms with Gasteiger partial charge in [0, 0.05) is 18.5 Å². The fourth-order valence-corrected chi connectivity index (χ4v) is 1.78. The molecule has 1 rings (SSSR count). The number of likely N-dealkylation sites (tertiary alicyclic amines) is 1. The van der Waals surface area contributed by atoms with Crippen LogP contribution in [0.4, 0.5) is 0 Å². The number of primary amides is 1. The number of aliphatic hydroxyl groups is 1. The van der Waals surface area contributed by atoms with Gasteiger partial charge in [-0.25, -0.2) is 0 Å². The van der Waals surface area contributed by atoms with Gasteiger partial charge in [-0.15, -0.1) is 0 Å². The van der Waals surface area contributed by atoms with Crippen molar-refractivity contribution in [3.63, 3.8) is 0 Å². The average molecular weight is 186 g/mol. The van der Waals surface area contributed by atoms with Gasteiger partial charge in [0.1, 0.15) is 0 Å². The second kappa shape index (κ2) is 4.58. The minimum absolute atomic E-state index is 0.118. The summed E-state index contributed by atoms with van der Waals surface area (Å²) in [6, 6.07) is 0.238. The molecule has 0 bridgehead atoms. The molecule has 0 aliphatic carbocycles. The highest BCUT2D eigenvalue weighted by Crippen LogP contribution is 2.17. The first-order chi connectivity index (χ1) is 6.15. The molecule has 2 atom stereocenters. The molecule has 4 heteroatoms. The van der Waals surface area contributed by atoms with Crippen LogP contribution in [0.3, 0.4) is 0 Å². The molecule has 1 fully saturated rings. The van der Waals surface area contributed by atoms with E-state index < -0.39 is 0 Å². The van der Waals surface area contributed by atoms with Crippen molar-refractivity contribution in [2.24, 2.45) is 11.7 Å². The number of carbonyl (C=O) groups is 1. The van der Waals surface area contributed by atoms with Crippen molar-refractivity contribution >= 4 is 5.91 Å². The Kier molecular flexibility index (Phi) is 3.69. The van der Waals surface area contributed by atoms with E-state index >= 15 is 0 Å². The lowest BCUT2D eigenvalue weighted by molar-refractivity contribution is -0.122. The molecule has 0 saturated carbocycles. The van der Waals surface area contributed by atoms with E-state index in [1.165, 1.54) is 0 Å². The summed E-state index contributed by atoms with van der Waals surface area (Å²) in [6.07, 6.45) is 2.14. The molecule has 1 aliphatic heterocycles. The van der Waals surface area contributed by atoms with Crippen molar-refractivity contribution in [2.45, 2.75) is 25.8 Å². The molecule has 0 aromatic heterocycles. The summed E-state index contributed by atoms with van der Waals surface area (Å²) >= 11 is 0. The standard InChI is InChI=1S/C9H18N2O2/c1-7(9(10)13)5-11-4-2-3-8(11)6-12/h7-8,12H,2-6H2,1H3,(H2,10,13). The van der Waals surface area contributed by atoms with E-state index in [9.17, 15) is 4.79 Å². The zero-order valence-electron chi connectivity index (χ0n) is 8.07. The van der Waals surface area contributed by atoms with Crippen molar-refractivity contribution in [1.29, 1.82) is 0 Å². The van der Waals surface area contributed by atoms with Crippen molar-refractivity contribution in [3.8, 4) is 0 Å². The number of nitrogens with two attached hydrogens (primary N) is 1. The summed E-state index contributed by atoms with van der Waals surface area (Å²) in [4.78, 5) is 13.0. The zero-order chi connectivity index (χ0) is 9.84. The van der Waals surface area contributed by atoms with Crippen LogP contribution in [-0.2, 0) is 4.79 Å². The van der Waals surface area contributed by atoms with Crippen LogP contribution >= 0.6 is 0 Å². The lowest BCUT2D eigenvalue weighted by atomic mass is 10.1. The first-order valence-corrected chi connectivity index (χ1v) is 4.79. The van der Waals surface area contributed by atoms with E-state index in [-0.39, 0.29) is 24.5 Å². The molecule has 1 heterocycles. The van der Waals surface area contributed by atoms with Gasteiger partial charge in [0.2, 0.25) is 5.91 Å². The fourth-order valence-electron chi connectivity index (χ4n) is 1.78. The normalized spacial score (nSPS) is 26.2. The first-order valence-electron chi connectivity index (χ1n) is 4.79. The summed E-state index contributed by atoms with van der Waals surface area (Å²) in [5.74, 6) is -0.379. The second-order valence-electron chi connectivity index (χ2n) is 3.78. The van der Waals surface area contributed by atoms with E-state index in [1.54, 1.807) is 0 Å². The van der Waals surface area contributed by atoms with Gasteiger partial charge in [-0.2, -0.15) is 0 Å².